The third-order valence-electron chi connectivity index (χ3n) is 3.37. The number of hydrogen-bond acceptors (Lipinski definition) is 4. The van der Waals surface area contributed by atoms with E-state index < -0.39 is 0 Å². The smallest absolute Gasteiger partial charge is 0.0721 e. The number of hydrogen-bond donors (Lipinski definition) is 1. The SMILES string of the molecule is CC(C)NCc1cnccc1N1CCCOC(C)C1. The Bertz CT molecular complexity index is 395. The van der Waals surface area contributed by atoms with Crippen LogP contribution in [0.15, 0.2) is 18.5 Å². The van der Waals surface area contributed by atoms with Crippen molar-refractivity contribution in [3.05, 3.63) is 24.0 Å². The van der Waals surface area contributed by atoms with E-state index in [1.54, 1.807) is 0 Å². The van der Waals surface area contributed by atoms with Gasteiger partial charge in [-0.1, -0.05) is 13.8 Å². The van der Waals surface area contributed by atoms with E-state index in [0.717, 1.165) is 32.7 Å². The summed E-state index contributed by atoms with van der Waals surface area (Å²) < 4.78 is 5.72. The number of anilines is 1. The van der Waals surface area contributed by atoms with Gasteiger partial charge in [-0.05, 0) is 19.4 Å². The zero-order valence-electron chi connectivity index (χ0n) is 12.2. The zero-order valence-corrected chi connectivity index (χ0v) is 12.2. The number of pyridine rings is 1. The fourth-order valence-electron chi connectivity index (χ4n) is 2.39. The fraction of sp³-hybridized carbons (Fsp3) is 0.667. The van der Waals surface area contributed by atoms with Crippen LogP contribution in [-0.4, -0.2) is 36.8 Å². The molecule has 1 aromatic heterocycles. The van der Waals surface area contributed by atoms with E-state index in [1.807, 2.05) is 12.4 Å². The summed E-state index contributed by atoms with van der Waals surface area (Å²) in [5.41, 5.74) is 2.56. The van der Waals surface area contributed by atoms with Gasteiger partial charge in [0.05, 0.1) is 6.10 Å². The van der Waals surface area contributed by atoms with E-state index in [0.29, 0.717) is 12.1 Å². The molecule has 4 nitrogen and oxygen atoms in total. The second-order valence-corrected chi connectivity index (χ2v) is 5.52. The minimum atomic E-state index is 0.293. The van der Waals surface area contributed by atoms with Crippen LogP contribution in [0.4, 0.5) is 5.69 Å². The van der Waals surface area contributed by atoms with Crippen molar-refractivity contribution >= 4 is 5.69 Å². The maximum Gasteiger partial charge on any atom is 0.0721 e. The molecule has 1 atom stereocenters. The topological polar surface area (TPSA) is 37.4 Å². The lowest BCUT2D eigenvalue weighted by Crippen LogP contribution is -2.32. The van der Waals surface area contributed by atoms with Crippen LogP contribution in [-0.2, 0) is 11.3 Å². The van der Waals surface area contributed by atoms with Gasteiger partial charge in [-0.15, -0.1) is 0 Å². The van der Waals surface area contributed by atoms with E-state index in [-0.39, 0.29) is 0 Å². The van der Waals surface area contributed by atoms with Gasteiger partial charge in [-0.3, -0.25) is 4.98 Å². The molecule has 0 spiro atoms. The van der Waals surface area contributed by atoms with Gasteiger partial charge in [0.1, 0.15) is 0 Å². The van der Waals surface area contributed by atoms with Crippen molar-refractivity contribution in [2.24, 2.45) is 0 Å². The molecule has 1 aliphatic heterocycles. The average Bonchev–Trinajstić information content (AvgIpc) is 2.61. The van der Waals surface area contributed by atoms with Crippen molar-refractivity contribution in [2.75, 3.05) is 24.6 Å². The number of aromatic nitrogens is 1. The summed E-state index contributed by atoms with van der Waals surface area (Å²) in [7, 11) is 0. The van der Waals surface area contributed by atoms with E-state index in [9.17, 15) is 0 Å². The first-order chi connectivity index (χ1) is 9.16. The highest BCUT2D eigenvalue weighted by Crippen LogP contribution is 2.22. The third-order valence-corrected chi connectivity index (χ3v) is 3.37. The van der Waals surface area contributed by atoms with Gasteiger partial charge in [0.15, 0.2) is 0 Å². The molecule has 1 aromatic rings. The van der Waals surface area contributed by atoms with Crippen molar-refractivity contribution in [3.63, 3.8) is 0 Å². The summed E-state index contributed by atoms with van der Waals surface area (Å²) in [4.78, 5) is 6.69. The normalized spacial score (nSPS) is 20.6. The number of nitrogens with one attached hydrogen (secondary N) is 1. The van der Waals surface area contributed by atoms with Crippen LogP contribution in [0.3, 0.4) is 0 Å². The van der Waals surface area contributed by atoms with Crippen LogP contribution in [0.1, 0.15) is 32.8 Å². The Balaban J connectivity index is 2.13. The van der Waals surface area contributed by atoms with Crippen molar-refractivity contribution in [1.29, 1.82) is 0 Å². The van der Waals surface area contributed by atoms with Crippen LogP contribution >= 0.6 is 0 Å². The zero-order chi connectivity index (χ0) is 13.7. The highest BCUT2D eigenvalue weighted by atomic mass is 16.5. The van der Waals surface area contributed by atoms with E-state index in [1.165, 1.54) is 11.3 Å². The Hall–Kier alpha value is -1.13. The van der Waals surface area contributed by atoms with Gasteiger partial charge in [0, 0.05) is 55.9 Å². The number of rotatable bonds is 4. The summed E-state index contributed by atoms with van der Waals surface area (Å²) >= 11 is 0. The predicted molar refractivity (Wildman–Crippen MR) is 78.5 cm³/mol. The Morgan fingerprint density at radius 1 is 1.53 bits per heavy atom. The van der Waals surface area contributed by atoms with Gasteiger partial charge in [-0.25, -0.2) is 0 Å². The summed E-state index contributed by atoms with van der Waals surface area (Å²) in [5, 5.41) is 3.47. The van der Waals surface area contributed by atoms with E-state index >= 15 is 0 Å². The monoisotopic (exact) mass is 263 g/mol. The van der Waals surface area contributed by atoms with Gasteiger partial charge in [0.25, 0.3) is 0 Å². The van der Waals surface area contributed by atoms with Crippen molar-refractivity contribution in [2.45, 2.75) is 45.9 Å². The molecule has 0 amide bonds. The van der Waals surface area contributed by atoms with E-state index in [4.69, 9.17) is 4.74 Å². The molecule has 1 aliphatic rings. The molecule has 106 valence electrons. The van der Waals surface area contributed by atoms with Gasteiger partial charge in [0.2, 0.25) is 0 Å². The summed E-state index contributed by atoms with van der Waals surface area (Å²) in [5.74, 6) is 0. The number of nitrogens with zero attached hydrogens (tertiary/aromatic N) is 2. The molecule has 0 aliphatic carbocycles. The predicted octanol–water partition coefficient (Wildman–Crippen LogP) is 2.19. The molecule has 1 N–H and O–H groups in total. The molecule has 2 rings (SSSR count). The first-order valence-corrected chi connectivity index (χ1v) is 7.19. The molecule has 0 aromatic carbocycles. The number of ether oxygens (including phenoxy) is 1. The highest BCUT2D eigenvalue weighted by Gasteiger charge is 2.17. The van der Waals surface area contributed by atoms with Crippen LogP contribution in [0.2, 0.25) is 0 Å². The maximum atomic E-state index is 5.72. The van der Waals surface area contributed by atoms with Crippen LogP contribution in [0.5, 0.6) is 0 Å². The summed E-state index contributed by atoms with van der Waals surface area (Å²) in [6.07, 6.45) is 5.23. The highest BCUT2D eigenvalue weighted by molar-refractivity contribution is 5.52. The van der Waals surface area contributed by atoms with Crippen LogP contribution in [0, 0.1) is 0 Å². The van der Waals surface area contributed by atoms with Gasteiger partial charge < -0.3 is 15.0 Å². The van der Waals surface area contributed by atoms with E-state index in [2.05, 4.69) is 42.0 Å². The Kier molecular flexibility index (Phi) is 5.16. The van der Waals surface area contributed by atoms with Crippen molar-refractivity contribution in [1.82, 2.24) is 10.3 Å². The summed E-state index contributed by atoms with van der Waals surface area (Å²) in [6.45, 7) is 10.2. The third kappa shape index (κ3) is 4.18. The largest absolute Gasteiger partial charge is 0.377 e. The molecule has 19 heavy (non-hydrogen) atoms. The maximum absolute atomic E-state index is 5.72. The second kappa shape index (κ2) is 6.87. The average molecular weight is 263 g/mol. The molecule has 4 heteroatoms. The van der Waals surface area contributed by atoms with Crippen molar-refractivity contribution < 1.29 is 4.74 Å². The van der Waals surface area contributed by atoms with Crippen LogP contribution < -0.4 is 10.2 Å². The van der Waals surface area contributed by atoms with Gasteiger partial charge in [-0.2, -0.15) is 0 Å². The lowest BCUT2D eigenvalue weighted by Gasteiger charge is -2.26. The quantitative estimate of drug-likeness (QED) is 0.903. The van der Waals surface area contributed by atoms with Crippen LogP contribution in [0.25, 0.3) is 0 Å². The molecule has 1 unspecified atom stereocenters. The molecule has 0 radical (unpaired) electrons. The molecule has 1 fully saturated rings. The summed E-state index contributed by atoms with van der Waals surface area (Å²) in [6, 6.07) is 2.61. The second-order valence-electron chi connectivity index (χ2n) is 5.52. The molecular weight excluding hydrogens is 238 g/mol. The Morgan fingerprint density at radius 2 is 2.37 bits per heavy atom. The molecular formula is C15H25N3O. The van der Waals surface area contributed by atoms with Crippen molar-refractivity contribution in [3.8, 4) is 0 Å². The molecule has 2 heterocycles. The molecule has 0 bridgehead atoms. The fourth-order valence-corrected chi connectivity index (χ4v) is 2.39. The Labute approximate surface area is 116 Å². The molecule has 0 saturated carbocycles. The minimum absolute atomic E-state index is 0.293. The standard InChI is InChI=1S/C15H25N3O/c1-12(2)17-10-14-9-16-6-5-15(14)18-7-4-8-19-13(3)11-18/h5-6,9,12-13,17H,4,7-8,10-11H2,1-3H3. The lowest BCUT2D eigenvalue weighted by atomic mass is 10.2. The van der Waals surface area contributed by atoms with Gasteiger partial charge >= 0.3 is 0 Å². The molecule has 1 saturated heterocycles. The first kappa shape index (κ1) is 14.3. The Morgan fingerprint density at radius 3 is 3.16 bits per heavy atom. The first-order valence-electron chi connectivity index (χ1n) is 7.19. The minimum Gasteiger partial charge on any atom is -0.377 e. The lowest BCUT2D eigenvalue weighted by molar-refractivity contribution is 0.0821.